The lowest BCUT2D eigenvalue weighted by Gasteiger charge is -2.02. The number of hydrogen-bond acceptors (Lipinski definition) is 1. The van der Waals surface area contributed by atoms with Crippen molar-refractivity contribution < 1.29 is 5.11 Å². The molecule has 0 aliphatic carbocycles. The summed E-state index contributed by atoms with van der Waals surface area (Å²) in [7, 11) is 0. The van der Waals surface area contributed by atoms with Gasteiger partial charge >= 0.3 is 0 Å². The first-order valence-corrected chi connectivity index (χ1v) is 8.23. The van der Waals surface area contributed by atoms with Gasteiger partial charge in [-0.15, -0.1) is 0 Å². The molecule has 0 aliphatic rings. The predicted octanol–water partition coefficient (Wildman–Crippen LogP) is 5.72. The summed E-state index contributed by atoms with van der Waals surface area (Å²) in [5.74, 6) is 0. The van der Waals surface area contributed by atoms with Crippen molar-refractivity contribution in [2.24, 2.45) is 0 Å². The highest BCUT2D eigenvalue weighted by Crippen LogP contribution is 2.13. The van der Waals surface area contributed by atoms with E-state index in [0.717, 1.165) is 17.5 Å². The molecule has 0 radical (unpaired) electrons. The van der Waals surface area contributed by atoms with Crippen molar-refractivity contribution in [3.05, 3.63) is 41.5 Å². The van der Waals surface area contributed by atoms with Crippen LogP contribution >= 0.6 is 0 Å². The van der Waals surface area contributed by atoms with Crippen molar-refractivity contribution in [2.45, 2.75) is 71.3 Å². The standard InChI is InChI=1S/C19H30O/c1-2-3-4-5-6-7-8-9-10-11-14-18-15-12-13-16-19(18)17-20/h11-16,20H,2-10,17H2,1H3/b14-11+. The Morgan fingerprint density at radius 1 is 0.900 bits per heavy atom. The molecule has 1 aromatic carbocycles. The van der Waals surface area contributed by atoms with Gasteiger partial charge in [0.15, 0.2) is 0 Å². The Labute approximate surface area is 124 Å². The molecule has 0 bridgehead atoms. The lowest BCUT2D eigenvalue weighted by atomic mass is 10.1. The Balaban J connectivity index is 2.07. The number of hydrogen-bond donors (Lipinski definition) is 1. The second-order valence-corrected chi connectivity index (χ2v) is 5.52. The van der Waals surface area contributed by atoms with E-state index in [1.54, 1.807) is 0 Å². The summed E-state index contributed by atoms with van der Waals surface area (Å²) in [6, 6.07) is 8.04. The van der Waals surface area contributed by atoms with Crippen LogP contribution in [-0.4, -0.2) is 5.11 Å². The summed E-state index contributed by atoms with van der Waals surface area (Å²) in [4.78, 5) is 0. The van der Waals surface area contributed by atoms with Gasteiger partial charge in [-0.05, 0) is 24.0 Å². The van der Waals surface area contributed by atoms with Crippen LogP contribution in [0.2, 0.25) is 0 Å². The highest BCUT2D eigenvalue weighted by Gasteiger charge is 1.95. The first-order chi connectivity index (χ1) is 9.88. The SMILES string of the molecule is CCCCCCCCCC/C=C/c1ccccc1CO. The molecule has 0 spiro atoms. The molecule has 1 aromatic rings. The topological polar surface area (TPSA) is 20.2 Å². The van der Waals surface area contributed by atoms with Gasteiger partial charge in [0.25, 0.3) is 0 Å². The van der Waals surface area contributed by atoms with Crippen LogP contribution in [0.3, 0.4) is 0 Å². The van der Waals surface area contributed by atoms with Crippen LogP contribution in [0.15, 0.2) is 30.3 Å². The van der Waals surface area contributed by atoms with E-state index >= 15 is 0 Å². The average molecular weight is 274 g/mol. The van der Waals surface area contributed by atoms with E-state index in [0.29, 0.717) is 0 Å². The van der Waals surface area contributed by atoms with Crippen molar-refractivity contribution in [3.8, 4) is 0 Å². The Morgan fingerprint density at radius 2 is 1.55 bits per heavy atom. The second kappa shape index (κ2) is 11.7. The number of benzene rings is 1. The fourth-order valence-electron chi connectivity index (χ4n) is 2.45. The van der Waals surface area contributed by atoms with E-state index in [-0.39, 0.29) is 6.61 Å². The lowest BCUT2D eigenvalue weighted by molar-refractivity contribution is 0.281. The van der Waals surface area contributed by atoms with Crippen LogP contribution in [0.25, 0.3) is 6.08 Å². The number of allylic oxidation sites excluding steroid dienone is 1. The molecule has 112 valence electrons. The molecule has 0 aromatic heterocycles. The molecule has 1 rings (SSSR count). The molecule has 1 nitrogen and oxygen atoms in total. The maximum absolute atomic E-state index is 9.25. The van der Waals surface area contributed by atoms with Gasteiger partial charge in [0, 0.05) is 0 Å². The molecule has 1 heteroatoms. The molecule has 0 heterocycles. The van der Waals surface area contributed by atoms with Crippen molar-refractivity contribution in [3.63, 3.8) is 0 Å². The van der Waals surface area contributed by atoms with E-state index in [9.17, 15) is 5.11 Å². The molecular weight excluding hydrogens is 244 g/mol. The Kier molecular flexibility index (Phi) is 9.95. The first kappa shape index (κ1) is 17.0. The Morgan fingerprint density at radius 3 is 2.25 bits per heavy atom. The Bertz CT molecular complexity index is 368. The summed E-state index contributed by atoms with van der Waals surface area (Å²) in [6.07, 6.45) is 16.5. The minimum atomic E-state index is 0.123. The largest absolute Gasteiger partial charge is 0.392 e. The maximum atomic E-state index is 9.25. The van der Waals surface area contributed by atoms with E-state index in [1.807, 2.05) is 18.2 Å². The second-order valence-electron chi connectivity index (χ2n) is 5.52. The van der Waals surface area contributed by atoms with E-state index in [4.69, 9.17) is 0 Å². The van der Waals surface area contributed by atoms with Crippen LogP contribution in [-0.2, 0) is 6.61 Å². The summed E-state index contributed by atoms with van der Waals surface area (Å²) >= 11 is 0. The molecular formula is C19H30O. The van der Waals surface area contributed by atoms with Gasteiger partial charge in [-0.2, -0.15) is 0 Å². The van der Waals surface area contributed by atoms with Gasteiger partial charge in [-0.1, -0.05) is 88.3 Å². The first-order valence-electron chi connectivity index (χ1n) is 8.23. The summed E-state index contributed by atoms with van der Waals surface area (Å²) in [5.41, 5.74) is 2.16. The molecule has 0 atom stereocenters. The lowest BCUT2D eigenvalue weighted by Crippen LogP contribution is -1.86. The zero-order valence-corrected chi connectivity index (χ0v) is 13.0. The van der Waals surface area contributed by atoms with Gasteiger partial charge in [0.2, 0.25) is 0 Å². The number of unbranched alkanes of at least 4 members (excludes halogenated alkanes) is 8. The van der Waals surface area contributed by atoms with Gasteiger partial charge < -0.3 is 5.11 Å². The van der Waals surface area contributed by atoms with Gasteiger partial charge in [-0.25, -0.2) is 0 Å². The minimum Gasteiger partial charge on any atom is -0.392 e. The molecule has 0 saturated carbocycles. The third kappa shape index (κ3) is 7.49. The number of aliphatic hydroxyl groups is 1. The smallest absolute Gasteiger partial charge is 0.0687 e. The zero-order chi connectivity index (χ0) is 14.5. The highest BCUT2D eigenvalue weighted by atomic mass is 16.3. The molecule has 20 heavy (non-hydrogen) atoms. The Hall–Kier alpha value is -1.08. The van der Waals surface area contributed by atoms with Crippen LogP contribution in [0.4, 0.5) is 0 Å². The molecule has 0 unspecified atom stereocenters. The monoisotopic (exact) mass is 274 g/mol. The fraction of sp³-hybridized carbons (Fsp3) is 0.579. The van der Waals surface area contributed by atoms with Gasteiger partial charge in [-0.3, -0.25) is 0 Å². The van der Waals surface area contributed by atoms with E-state index in [1.165, 1.54) is 51.4 Å². The van der Waals surface area contributed by atoms with E-state index < -0.39 is 0 Å². The molecule has 0 aliphatic heterocycles. The van der Waals surface area contributed by atoms with E-state index in [2.05, 4.69) is 25.1 Å². The van der Waals surface area contributed by atoms with Crippen molar-refractivity contribution in [2.75, 3.05) is 0 Å². The number of aliphatic hydroxyl groups excluding tert-OH is 1. The highest BCUT2D eigenvalue weighted by molar-refractivity contribution is 5.53. The zero-order valence-electron chi connectivity index (χ0n) is 13.0. The minimum absolute atomic E-state index is 0.123. The molecule has 0 saturated heterocycles. The average Bonchev–Trinajstić information content (AvgIpc) is 2.49. The third-order valence-corrected chi connectivity index (χ3v) is 3.75. The van der Waals surface area contributed by atoms with Crippen LogP contribution in [0.1, 0.15) is 75.8 Å². The summed E-state index contributed by atoms with van der Waals surface area (Å²) < 4.78 is 0. The normalized spacial score (nSPS) is 11.3. The van der Waals surface area contributed by atoms with Crippen LogP contribution < -0.4 is 0 Å². The van der Waals surface area contributed by atoms with Crippen LogP contribution in [0, 0.1) is 0 Å². The molecule has 1 N–H and O–H groups in total. The quantitative estimate of drug-likeness (QED) is 0.511. The summed E-state index contributed by atoms with van der Waals surface area (Å²) in [5, 5.41) is 9.25. The van der Waals surface area contributed by atoms with Crippen molar-refractivity contribution in [1.82, 2.24) is 0 Å². The van der Waals surface area contributed by atoms with Gasteiger partial charge in [0.05, 0.1) is 6.61 Å². The molecule has 0 fully saturated rings. The summed E-state index contributed by atoms with van der Waals surface area (Å²) in [6.45, 7) is 2.39. The van der Waals surface area contributed by atoms with Crippen molar-refractivity contribution in [1.29, 1.82) is 0 Å². The van der Waals surface area contributed by atoms with Gasteiger partial charge in [0.1, 0.15) is 0 Å². The third-order valence-electron chi connectivity index (χ3n) is 3.75. The predicted molar refractivity (Wildman–Crippen MR) is 88.6 cm³/mol. The molecule has 0 amide bonds. The fourth-order valence-corrected chi connectivity index (χ4v) is 2.45. The van der Waals surface area contributed by atoms with Crippen molar-refractivity contribution >= 4 is 6.08 Å². The maximum Gasteiger partial charge on any atom is 0.0687 e. The van der Waals surface area contributed by atoms with Crippen LogP contribution in [0.5, 0.6) is 0 Å². The number of rotatable bonds is 11.